The first-order chi connectivity index (χ1) is 11.7. The van der Waals surface area contributed by atoms with Crippen LogP contribution < -0.4 is 0 Å². The molecule has 1 aromatic rings. The molecule has 25 heavy (non-hydrogen) atoms. The van der Waals surface area contributed by atoms with E-state index in [-0.39, 0.29) is 34.9 Å². The molecule has 0 spiro atoms. The second-order valence-corrected chi connectivity index (χ2v) is 11.4. The van der Waals surface area contributed by atoms with Crippen molar-refractivity contribution in [3.05, 3.63) is 29.8 Å². The SMILES string of the molecule is CC(C)(C)c1ccc(SCC(=O)N(C2CC2)[C@H]2CCS(=O)(=O)C2)cc1. The Morgan fingerprint density at radius 3 is 2.24 bits per heavy atom. The van der Waals surface area contributed by atoms with Crippen molar-refractivity contribution >= 4 is 27.5 Å². The first-order valence-corrected chi connectivity index (χ1v) is 11.7. The first-order valence-electron chi connectivity index (χ1n) is 8.91. The summed E-state index contributed by atoms with van der Waals surface area (Å²) in [4.78, 5) is 15.7. The van der Waals surface area contributed by atoms with E-state index in [1.807, 2.05) is 4.90 Å². The van der Waals surface area contributed by atoms with Crippen LogP contribution in [-0.4, -0.2) is 48.6 Å². The van der Waals surface area contributed by atoms with Crippen LogP contribution in [0.5, 0.6) is 0 Å². The van der Waals surface area contributed by atoms with Crippen LogP contribution in [0, 0.1) is 0 Å². The van der Waals surface area contributed by atoms with Crippen LogP contribution in [-0.2, 0) is 20.0 Å². The molecule has 1 aliphatic carbocycles. The molecule has 1 heterocycles. The molecule has 0 bridgehead atoms. The molecule has 3 rings (SSSR count). The largest absolute Gasteiger partial charge is 0.335 e. The molecule has 6 heteroatoms. The van der Waals surface area contributed by atoms with Crippen LogP contribution in [0.1, 0.15) is 45.6 Å². The highest BCUT2D eigenvalue weighted by molar-refractivity contribution is 8.00. The fourth-order valence-electron chi connectivity index (χ4n) is 3.32. The van der Waals surface area contributed by atoms with E-state index in [2.05, 4.69) is 45.0 Å². The molecule has 1 atom stereocenters. The maximum Gasteiger partial charge on any atom is 0.233 e. The van der Waals surface area contributed by atoms with Gasteiger partial charge in [-0.05, 0) is 42.4 Å². The Labute approximate surface area is 155 Å². The molecule has 4 nitrogen and oxygen atoms in total. The van der Waals surface area contributed by atoms with Crippen molar-refractivity contribution in [3.63, 3.8) is 0 Å². The van der Waals surface area contributed by atoms with Gasteiger partial charge in [-0.1, -0.05) is 32.9 Å². The zero-order valence-corrected chi connectivity index (χ0v) is 16.8. The lowest BCUT2D eigenvalue weighted by Crippen LogP contribution is -2.43. The summed E-state index contributed by atoms with van der Waals surface area (Å²) in [6, 6.07) is 8.52. The lowest BCUT2D eigenvalue weighted by atomic mass is 9.87. The van der Waals surface area contributed by atoms with Crippen molar-refractivity contribution in [2.45, 2.75) is 62.4 Å². The number of amides is 1. The molecule has 138 valence electrons. The van der Waals surface area contributed by atoms with Crippen LogP contribution in [0.4, 0.5) is 0 Å². The third-order valence-corrected chi connectivity index (χ3v) is 7.66. The number of hydrogen-bond donors (Lipinski definition) is 0. The Morgan fingerprint density at radius 1 is 1.12 bits per heavy atom. The van der Waals surface area contributed by atoms with E-state index in [1.54, 1.807) is 0 Å². The van der Waals surface area contributed by atoms with E-state index >= 15 is 0 Å². The summed E-state index contributed by atoms with van der Waals surface area (Å²) in [5, 5.41) is 0. The predicted octanol–water partition coefficient (Wildman–Crippen LogP) is 3.25. The van der Waals surface area contributed by atoms with Gasteiger partial charge in [-0.25, -0.2) is 8.42 Å². The smallest absolute Gasteiger partial charge is 0.233 e. The van der Waals surface area contributed by atoms with Gasteiger partial charge in [0, 0.05) is 17.0 Å². The van der Waals surface area contributed by atoms with Gasteiger partial charge in [0.05, 0.1) is 17.3 Å². The maximum atomic E-state index is 12.7. The third kappa shape index (κ3) is 4.79. The Bertz CT molecular complexity index is 731. The fraction of sp³-hybridized carbons (Fsp3) is 0.632. The Balaban J connectivity index is 1.61. The van der Waals surface area contributed by atoms with Crippen LogP contribution in [0.25, 0.3) is 0 Å². The standard InChI is InChI=1S/C19H27NO3S2/c1-19(2,3)14-4-8-17(9-5-14)24-12-18(21)20(15-6-7-15)16-10-11-25(22,23)13-16/h4-5,8-9,15-16H,6-7,10-13H2,1-3H3/t16-/m0/s1. The minimum atomic E-state index is -2.97. The quantitative estimate of drug-likeness (QED) is 0.735. The summed E-state index contributed by atoms with van der Waals surface area (Å²) >= 11 is 1.54. The van der Waals surface area contributed by atoms with Gasteiger partial charge < -0.3 is 4.90 Å². The molecule has 1 saturated carbocycles. The number of thioether (sulfide) groups is 1. The van der Waals surface area contributed by atoms with Gasteiger partial charge in [0.15, 0.2) is 9.84 Å². The predicted molar refractivity (Wildman–Crippen MR) is 103 cm³/mol. The van der Waals surface area contributed by atoms with E-state index in [1.165, 1.54) is 17.3 Å². The molecule has 2 fully saturated rings. The lowest BCUT2D eigenvalue weighted by molar-refractivity contribution is -0.130. The average molecular weight is 382 g/mol. The van der Waals surface area contributed by atoms with Crippen LogP contribution in [0.15, 0.2) is 29.2 Å². The molecular formula is C19H27NO3S2. The van der Waals surface area contributed by atoms with Gasteiger partial charge >= 0.3 is 0 Å². The molecule has 0 aromatic heterocycles. The van der Waals surface area contributed by atoms with Crippen LogP contribution in [0.3, 0.4) is 0 Å². The summed E-state index contributed by atoms with van der Waals surface area (Å²) in [7, 11) is -2.97. The molecule has 0 radical (unpaired) electrons. The molecule has 1 aliphatic heterocycles. The number of hydrogen-bond acceptors (Lipinski definition) is 4. The summed E-state index contributed by atoms with van der Waals surface area (Å²) in [6.07, 6.45) is 2.61. The number of benzene rings is 1. The zero-order chi connectivity index (χ0) is 18.2. The van der Waals surface area contributed by atoms with E-state index < -0.39 is 9.84 Å². The van der Waals surface area contributed by atoms with Crippen molar-refractivity contribution in [2.75, 3.05) is 17.3 Å². The summed E-state index contributed by atoms with van der Waals surface area (Å²) in [6.45, 7) is 6.55. The molecule has 1 saturated heterocycles. The van der Waals surface area contributed by atoms with E-state index in [4.69, 9.17) is 0 Å². The second-order valence-electron chi connectivity index (χ2n) is 8.15. The highest BCUT2D eigenvalue weighted by Gasteiger charge is 2.41. The number of nitrogens with zero attached hydrogens (tertiary/aromatic N) is 1. The fourth-order valence-corrected chi connectivity index (χ4v) is 5.80. The summed E-state index contributed by atoms with van der Waals surface area (Å²) in [5.41, 5.74) is 1.40. The van der Waals surface area contributed by atoms with E-state index in [9.17, 15) is 13.2 Å². The van der Waals surface area contributed by atoms with Crippen LogP contribution in [0.2, 0.25) is 0 Å². The summed E-state index contributed by atoms with van der Waals surface area (Å²) in [5.74, 6) is 0.812. The van der Waals surface area contributed by atoms with E-state index in [0.29, 0.717) is 12.2 Å². The zero-order valence-electron chi connectivity index (χ0n) is 15.2. The number of carbonyl (C=O) groups is 1. The average Bonchev–Trinajstić information content (AvgIpc) is 3.28. The molecule has 1 amide bonds. The summed E-state index contributed by atoms with van der Waals surface area (Å²) < 4.78 is 23.5. The highest BCUT2D eigenvalue weighted by Crippen LogP contribution is 2.33. The number of carbonyl (C=O) groups excluding carboxylic acids is 1. The molecule has 0 N–H and O–H groups in total. The van der Waals surface area contributed by atoms with Gasteiger partial charge in [0.1, 0.15) is 0 Å². The normalized spacial score (nSPS) is 22.8. The van der Waals surface area contributed by atoms with Crippen molar-refractivity contribution in [2.24, 2.45) is 0 Å². The molecule has 1 aromatic carbocycles. The maximum absolute atomic E-state index is 12.7. The molecule has 0 unspecified atom stereocenters. The highest BCUT2D eigenvalue weighted by atomic mass is 32.2. The molecular weight excluding hydrogens is 354 g/mol. The molecule has 2 aliphatic rings. The van der Waals surface area contributed by atoms with Crippen molar-refractivity contribution in [1.82, 2.24) is 4.90 Å². The van der Waals surface area contributed by atoms with Crippen molar-refractivity contribution in [1.29, 1.82) is 0 Å². The second kappa shape index (κ2) is 6.95. The van der Waals surface area contributed by atoms with Crippen molar-refractivity contribution in [3.8, 4) is 0 Å². The van der Waals surface area contributed by atoms with E-state index in [0.717, 1.165) is 17.7 Å². The Morgan fingerprint density at radius 2 is 1.76 bits per heavy atom. The van der Waals surface area contributed by atoms with Gasteiger partial charge in [0.2, 0.25) is 5.91 Å². The minimum absolute atomic E-state index is 0.0782. The third-order valence-electron chi connectivity index (χ3n) is 4.91. The Kier molecular flexibility index (Phi) is 5.22. The lowest BCUT2D eigenvalue weighted by Gasteiger charge is -2.28. The van der Waals surface area contributed by atoms with Gasteiger partial charge in [-0.15, -0.1) is 11.8 Å². The first kappa shape index (κ1) is 18.8. The minimum Gasteiger partial charge on any atom is -0.335 e. The topological polar surface area (TPSA) is 54.5 Å². The van der Waals surface area contributed by atoms with Gasteiger partial charge in [-0.3, -0.25) is 4.79 Å². The monoisotopic (exact) mass is 381 g/mol. The van der Waals surface area contributed by atoms with Gasteiger partial charge in [-0.2, -0.15) is 0 Å². The van der Waals surface area contributed by atoms with Gasteiger partial charge in [0.25, 0.3) is 0 Å². The number of sulfone groups is 1. The Hall–Kier alpha value is -1.01. The van der Waals surface area contributed by atoms with Crippen molar-refractivity contribution < 1.29 is 13.2 Å². The number of rotatable bonds is 5. The van der Waals surface area contributed by atoms with Crippen LogP contribution >= 0.6 is 11.8 Å².